The highest BCUT2D eigenvalue weighted by atomic mass is 79.9. The zero-order valence-corrected chi connectivity index (χ0v) is 24.7. The van der Waals surface area contributed by atoms with Crippen LogP contribution in [0.3, 0.4) is 0 Å². The molecular weight excluding hydrogens is 604 g/mol. The summed E-state index contributed by atoms with van der Waals surface area (Å²) in [6.45, 7) is 2.40. The number of sulfonamides is 1. The van der Waals surface area contributed by atoms with Crippen LogP contribution in [-0.2, 0) is 26.2 Å². The van der Waals surface area contributed by atoms with E-state index in [4.69, 9.17) is 4.74 Å². The van der Waals surface area contributed by atoms with Crippen molar-refractivity contribution in [1.82, 2.24) is 10.2 Å². The fourth-order valence-electron chi connectivity index (χ4n) is 3.97. The number of methoxy groups -OCH3 is 1. The number of anilines is 1. The Bertz CT molecular complexity index is 1510. The molecule has 0 saturated heterocycles. The molecule has 0 bridgehead atoms. The molecule has 1 unspecified atom stereocenters. The van der Waals surface area contributed by atoms with Crippen molar-refractivity contribution in [2.75, 3.05) is 25.0 Å². The maximum absolute atomic E-state index is 13.9. The standard InChI is InChI=1S/C27H29BrN4O7S/c1-18-8-13-24(15-25(18)32(35)36)40(37,38)31(22-9-11-23(39-4)12-10-22)17-26(33)30(19(2)27(34)29-3)16-20-6-5-7-21(28)14-20/h5-15,19H,16-17H2,1-4H3,(H,29,34). The minimum Gasteiger partial charge on any atom is -0.497 e. The lowest BCUT2D eigenvalue weighted by atomic mass is 10.1. The van der Waals surface area contributed by atoms with E-state index in [0.29, 0.717) is 11.3 Å². The summed E-state index contributed by atoms with van der Waals surface area (Å²) in [7, 11) is -1.57. The first-order valence-corrected chi connectivity index (χ1v) is 14.3. The Balaban J connectivity index is 2.09. The molecule has 13 heteroatoms. The Hall–Kier alpha value is -3.97. The van der Waals surface area contributed by atoms with Gasteiger partial charge in [0.15, 0.2) is 0 Å². The van der Waals surface area contributed by atoms with Gasteiger partial charge >= 0.3 is 0 Å². The summed E-state index contributed by atoms with van der Waals surface area (Å²) in [4.78, 5) is 38.2. The largest absolute Gasteiger partial charge is 0.497 e. The maximum atomic E-state index is 13.9. The topological polar surface area (TPSA) is 139 Å². The van der Waals surface area contributed by atoms with Crippen molar-refractivity contribution in [3.05, 3.63) is 92.4 Å². The number of amides is 2. The summed E-state index contributed by atoms with van der Waals surface area (Å²) < 4.78 is 34.6. The van der Waals surface area contributed by atoms with Gasteiger partial charge in [0.05, 0.1) is 22.6 Å². The SMILES string of the molecule is CNC(=O)C(C)N(Cc1cccc(Br)c1)C(=O)CN(c1ccc(OC)cc1)S(=O)(=O)c1ccc(C)c([N+](=O)[O-])c1. The van der Waals surface area contributed by atoms with Crippen LogP contribution in [0.15, 0.2) is 76.1 Å². The number of aryl methyl sites for hydroxylation is 1. The van der Waals surface area contributed by atoms with Gasteiger partial charge in [-0.1, -0.05) is 34.1 Å². The molecule has 11 nitrogen and oxygen atoms in total. The molecule has 0 fully saturated rings. The van der Waals surface area contributed by atoms with Crippen LogP contribution < -0.4 is 14.4 Å². The molecular formula is C27H29BrN4O7S. The van der Waals surface area contributed by atoms with Crippen LogP contribution in [0.1, 0.15) is 18.1 Å². The van der Waals surface area contributed by atoms with Gasteiger partial charge in [-0.15, -0.1) is 0 Å². The highest BCUT2D eigenvalue weighted by Crippen LogP contribution is 2.29. The van der Waals surface area contributed by atoms with Gasteiger partial charge in [-0.3, -0.25) is 24.0 Å². The van der Waals surface area contributed by atoms with Crippen molar-refractivity contribution >= 4 is 49.1 Å². The molecule has 0 aliphatic carbocycles. The van der Waals surface area contributed by atoms with Crippen molar-refractivity contribution < 1.29 is 27.7 Å². The second kappa shape index (κ2) is 12.9. The average Bonchev–Trinajstić information content (AvgIpc) is 2.93. The number of hydrogen-bond acceptors (Lipinski definition) is 7. The fraction of sp³-hybridized carbons (Fsp3) is 0.259. The Morgan fingerprint density at radius 3 is 2.35 bits per heavy atom. The van der Waals surface area contributed by atoms with Crippen LogP contribution in [-0.4, -0.2) is 56.8 Å². The first-order chi connectivity index (χ1) is 18.9. The molecule has 3 aromatic rings. The number of likely N-dealkylation sites (N-methyl/N-ethyl adjacent to an activating group) is 1. The lowest BCUT2D eigenvalue weighted by molar-refractivity contribution is -0.385. The second-order valence-electron chi connectivity index (χ2n) is 8.86. The normalized spacial score (nSPS) is 11.8. The molecule has 0 saturated carbocycles. The molecule has 3 aromatic carbocycles. The fourth-order valence-corrected chi connectivity index (χ4v) is 5.86. The number of carbonyl (C=O) groups excluding carboxylic acids is 2. The highest BCUT2D eigenvalue weighted by molar-refractivity contribution is 9.10. The summed E-state index contributed by atoms with van der Waals surface area (Å²) in [5.41, 5.74) is 0.765. The van der Waals surface area contributed by atoms with E-state index in [9.17, 15) is 28.1 Å². The molecule has 1 N–H and O–H groups in total. The third-order valence-electron chi connectivity index (χ3n) is 6.26. The van der Waals surface area contributed by atoms with Crippen molar-refractivity contribution in [2.24, 2.45) is 0 Å². The average molecular weight is 634 g/mol. The molecule has 0 aliphatic heterocycles. The molecule has 3 rings (SSSR count). The van der Waals surface area contributed by atoms with Gasteiger partial charge in [-0.25, -0.2) is 8.42 Å². The van der Waals surface area contributed by atoms with Gasteiger partial charge in [-0.05, 0) is 61.9 Å². The number of rotatable bonds is 11. The number of nitro groups is 1. The van der Waals surface area contributed by atoms with E-state index in [1.54, 1.807) is 25.1 Å². The van der Waals surface area contributed by atoms with Gasteiger partial charge in [0.25, 0.3) is 15.7 Å². The lowest BCUT2D eigenvalue weighted by Gasteiger charge is -2.31. The van der Waals surface area contributed by atoms with Gasteiger partial charge in [0.2, 0.25) is 11.8 Å². The number of ether oxygens (including phenoxy) is 1. The lowest BCUT2D eigenvalue weighted by Crippen LogP contribution is -2.50. The van der Waals surface area contributed by atoms with Crippen LogP contribution in [0, 0.1) is 17.0 Å². The maximum Gasteiger partial charge on any atom is 0.273 e. The molecule has 0 spiro atoms. The van der Waals surface area contributed by atoms with Crippen molar-refractivity contribution in [2.45, 2.75) is 31.3 Å². The quantitative estimate of drug-likeness (QED) is 0.249. The van der Waals surface area contributed by atoms with E-state index in [0.717, 1.165) is 14.8 Å². The van der Waals surface area contributed by atoms with Crippen LogP contribution in [0.2, 0.25) is 0 Å². The van der Waals surface area contributed by atoms with E-state index < -0.39 is 39.3 Å². The molecule has 0 heterocycles. The zero-order valence-electron chi connectivity index (χ0n) is 22.3. The van der Waals surface area contributed by atoms with Gasteiger partial charge in [-0.2, -0.15) is 0 Å². The van der Waals surface area contributed by atoms with Crippen LogP contribution in [0.5, 0.6) is 5.75 Å². The number of carbonyl (C=O) groups is 2. The summed E-state index contributed by atoms with van der Waals surface area (Å²) in [6, 6.07) is 15.8. The molecule has 40 heavy (non-hydrogen) atoms. The first kappa shape index (κ1) is 30.6. The van der Waals surface area contributed by atoms with Crippen LogP contribution in [0.4, 0.5) is 11.4 Å². The summed E-state index contributed by atoms with van der Waals surface area (Å²) in [5.74, 6) is -0.628. The Morgan fingerprint density at radius 2 is 1.77 bits per heavy atom. The number of nitro benzene ring substituents is 1. The van der Waals surface area contributed by atoms with Crippen molar-refractivity contribution in [3.63, 3.8) is 0 Å². The molecule has 0 aliphatic rings. The predicted molar refractivity (Wildman–Crippen MR) is 154 cm³/mol. The smallest absolute Gasteiger partial charge is 0.273 e. The summed E-state index contributed by atoms with van der Waals surface area (Å²) in [5, 5.41) is 14.0. The van der Waals surface area contributed by atoms with E-state index in [2.05, 4.69) is 21.2 Å². The van der Waals surface area contributed by atoms with Crippen LogP contribution >= 0.6 is 15.9 Å². The molecule has 0 aromatic heterocycles. The molecule has 0 radical (unpaired) electrons. The molecule has 212 valence electrons. The second-order valence-corrected chi connectivity index (χ2v) is 11.6. The Kier molecular flexibility index (Phi) is 9.88. The van der Waals surface area contributed by atoms with E-state index >= 15 is 0 Å². The zero-order chi connectivity index (χ0) is 29.6. The predicted octanol–water partition coefficient (Wildman–Crippen LogP) is 4.03. The number of hydrogen-bond donors (Lipinski definition) is 1. The number of nitrogens with zero attached hydrogens (tertiary/aromatic N) is 3. The molecule has 1 atom stereocenters. The van der Waals surface area contributed by atoms with Crippen molar-refractivity contribution in [1.29, 1.82) is 0 Å². The number of halogens is 1. The molecule has 2 amide bonds. The highest BCUT2D eigenvalue weighted by Gasteiger charge is 2.33. The third-order valence-corrected chi connectivity index (χ3v) is 8.52. The van der Waals surface area contributed by atoms with Crippen LogP contribution in [0.25, 0.3) is 0 Å². The van der Waals surface area contributed by atoms with E-state index in [1.807, 2.05) is 6.07 Å². The van der Waals surface area contributed by atoms with Crippen molar-refractivity contribution in [3.8, 4) is 5.75 Å². The third kappa shape index (κ3) is 6.96. The number of nitrogens with one attached hydrogen (secondary N) is 1. The van der Waals surface area contributed by atoms with E-state index in [-0.39, 0.29) is 28.4 Å². The van der Waals surface area contributed by atoms with Gasteiger partial charge in [0, 0.05) is 29.7 Å². The van der Waals surface area contributed by atoms with Gasteiger partial charge < -0.3 is 15.0 Å². The number of benzene rings is 3. The van der Waals surface area contributed by atoms with E-state index in [1.165, 1.54) is 62.4 Å². The van der Waals surface area contributed by atoms with Gasteiger partial charge in [0.1, 0.15) is 18.3 Å². The Morgan fingerprint density at radius 1 is 1.10 bits per heavy atom. The first-order valence-electron chi connectivity index (χ1n) is 12.1. The minimum absolute atomic E-state index is 0.0271. The summed E-state index contributed by atoms with van der Waals surface area (Å²) in [6.07, 6.45) is 0. The Labute approximate surface area is 241 Å². The monoisotopic (exact) mass is 632 g/mol. The minimum atomic E-state index is -4.47. The summed E-state index contributed by atoms with van der Waals surface area (Å²) >= 11 is 3.40.